The SMILES string of the molecule is CC1=CC2=C(CC1)Nc1ccc(Cl)cc1N=C2N1CCNCC1. The maximum Gasteiger partial charge on any atom is 0.138 e. The lowest BCUT2D eigenvalue weighted by Crippen LogP contribution is -2.47. The van der Waals surface area contributed by atoms with Gasteiger partial charge in [0.05, 0.1) is 11.4 Å². The second-order valence-corrected chi connectivity index (χ2v) is 6.78. The van der Waals surface area contributed by atoms with Crippen LogP contribution in [-0.4, -0.2) is 36.9 Å². The van der Waals surface area contributed by atoms with Crippen molar-refractivity contribution in [1.29, 1.82) is 0 Å². The van der Waals surface area contributed by atoms with Crippen LogP contribution < -0.4 is 10.6 Å². The Labute approximate surface area is 141 Å². The van der Waals surface area contributed by atoms with Crippen LogP contribution in [0.1, 0.15) is 19.8 Å². The lowest BCUT2D eigenvalue weighted by molar-refractivity contribution is 0.358. The summed E-state index contributed by atoms with van der Waals surface area (Å²) < 4.78 is 0. The summed E-state index contributed by atoms with van der Waals surface area (Å²) in [5, 5.41) is 7.73. The van der Waals surface area contributed by atoms with Gasteiger partial charge in [-0.3, -0.25) is 0 Å². The monoisotopic (exact) mass is 328 g/mol. The third-order valence-corrected chi connectivity index (χ3v) is 4.85. The molecule has 2 aliphatic heterocycles. The van der Waals surface area contributed by atoms with E-state index in [1.165, 1.54) is 16.8 Å². The van der Waals surface area contributed by atoms with Crippen LogP contribution in [0.4, 0.5) is 11.4 Å². The number of hydrogen-bond acceptors (Lipinski definition) is 4. The molecule has 4 rings (SSSR count). The van der Waals surface area contributed by atoms with Gasteiger partial charge in [-0.1, -0.05) is 23.3 Å². The molecule has 0 unspecified atom stereocenters. The summed E-state index contributed by atoms with van der Waals surface area (Å²) in [4.78, 5) is 7.40. The Hall–Kier alpha value is -1.78. The van der Waals surface area contributed by atoms with Gasteiger partial charge in [0, 0.05) is 42.5 Å². The van der Waals surface area contributed by atoms with E-state index in [1.54, 1.807) is 0 Å². The standard InChI is InChI=1S/C18H21ClN4/c1-12-2-4-15-14(10-12)18(23-8-6-20-7-9-23)22-17-11-13(19)3-5-16(17)21-15/h3,5,10-11,20-21H,2,4,6-9H2,1H3. The molecular formula is C18H21ClN4. The molecule has 3 aliphatic rings. The lowest BCUT2D eigenvalue weighted by atomic mass is 9.96. The minimum atomic E-state index is 0.723. The minimum absolute atomic E-state index is 0.723. The van der Waals surface area contributed by atoms with Crippen LogP contribution in [-0.2, 0) is 0 Å². The molecule has 5 heteroatoms. The Morgan fingerprint density at radius 1 is 1.17 bits per heavy atom. The van der Waals surface area contributed by atoms with E-state index in [9.17, 15) is 0 Å². The van der Waals surface area contributed by atoms with E-state index in [0.717, 1.165) is 61.3 Å². The van der Waals surface area contributed by atoms with Crippen LogP contribution in [0.2, 0.25) is 5.02 Å². The van der Waals surface area contributed by atoms with E-state index < -0.39 is 0 Å². The number of nitrogens with zero attached hydrogens (tertiary/aromatic N) is 2. The minimum Gasteiger partial charge on any atom is -0.357 e. The fraction of sp³-hybridized carbons (Fsp3) is 0.389. The number of benzene rings is 1. The summed E-state index contributed by atoms with van der Waals surface area (Å²) in [5.74, 6) is 1.08. The molecule has 0 saturated carbocycles. The molecular weight excluding hydrogens is 308 g/mol. The molecule has 1 aromatic rings. The number of rotatable bonds is 0. The van der Waals surface area contributed by atoms with Crippen LogP contribution in [0, 0.1) is 0 Å². The highest BCUT2D eigenvalue weighted by molar-refractivity contribution is 6.31. The number of fused-ring (bicyclic) bond motifs is 1. The average molecular weight is 329 g/mol. The Bertz CT molecular complexity index is 727. The second kappa shape index (κ2) is 6.02. The zero-order chi connectivity index (χ0) is 15.8. The Morgan fingerprint density at radius 2 is 2.00 bits per heavy atom. The van der Waals surface area contributed by atoms with Gasteiger partial charge in [-0.2, -0.15) is 0 Å². The third kappa shape index (κ3) is 2.89. The number of nitrogens with one attached hydrogen (secondary N) is 2. The van der Waals surface area contributed by atoms with Crippen LogP contribution in [0.25, 0.3) is 0 Å². The average Bonchev–Trinajstić information content (AvgIpc) is 2.72. The van der Waals surface area contributed by atoms with Gasteiger partial charge >= 0.3 is 0 Å². The normalized spacial score (nSPS) is 20.9. The van der Waals surface area contributed by atoms with E-state index in [2.05, 4.69) is 28.5 Å². The van der Waals surface area contributed by atoms with Crippen molar-refractivity contribution in [3.63, 3.8) is 0 Å². The Morgan fingerprint density at radius 3 is 2.83 bits per heavy atom. The fourth-order valence-electron chi connectivity index (χ4n) is 3.35. The lowest BCUT2D eigenvalue weighted by Gasteiger charge is -2.32. The first kappa shape index (κ1) is 14.8. The summed E-state index contributed by atoms with van der Waals surface area (Å²) in [7, 11) is 0. The van der Waals surface area contributed by atoms with Gasteiger partial charge < -0.3 is 15.5 Å². The smallest absolute Gasteiger partial charge is 0.138 e. The molecule has 2 heterocycles. The first-order valence-electron chi connectivity index (χ1n) is 8.22. The molecule has 0 aromatic heterocycles. The molecule has 1 aromatic carbocycles. The summed E-state index contributed by atoms with van der Waals surface area (Å²) in [6, 6.07) is 5.89. The Balaban J connectivity index is 1.85. The summed E-state index contributed by atoms with van der Waals surface area (Å²) in [5.41, 5.74) is 5.89. The van der Waals surface area contributed by atoms with Crippen molar-refractivity contribution < 1.29 is 0 Å². The molecule has 2 N–H and O–H groups in total. The highest BCUT2D eigenvalue weighted by Gasteiger charge is 2.25. The summed E-state index contributed by atoms with van der Waals surface area (Å²) in [6.45, 7) is 6.17. The van der Waals surface area contributed by atoms with Crippen molar-refractivity contribution in [1.82, 2.24) is 10.2 Å². The number of hydrogen-bond donors (Lipinski definition) is 2. The number of anilines is 1. The molecule has 0 atom stereocenters. The van der Waals surface area contributed by atoms with Crippen molar-refractivity contribution in [3.05, 3.63) is 46.1 Å². The van der Waals surface area contributed by atoms with Crippen LogP contribution >= 0.6 is 11.6 Å². The molecule has 0 spiro atoms. The first-order chi connectivity index (χ1) is 11.2. The molecule has 1 aliphatic carbocycles. The molecule has 1 fully saturated rings. The predicted molar refractivity (Wildman–Crippen MR) is 96.6 cm³/mol. The van der Waals surface area contributed by atoms with Gasteiger partial charge in [0.1, 0.15) is 5.84 Å². The van der Waals surface area contributed by atoms with Crippen molar-refractivity contribution in [2.45, 2.75) is 19.8 Å². The second-order valence-electron chi connectivity index (χ2n) is 6.34. The highest BCUT2D eigenvalue weighted by atomic mass is 35.5. The number of amidine groups is 1. The topological polar surface area (TPSA) is 39.7 Å². The largest absolute Gasteiger partial charge is 0.357 e. The van der Waals surface area contributed by atoms with Gasteiger partial charge in [0.15, 0.2) is 0 Å². The molecule has 4 nitrogen and oxygen atoms in total. The molecule has 1 saturated heterocycles. The maximum absolute atomic E-state index is 6.19. The van der Waals surface area contributed by atoms with Crippen LogP contribution in [0.3, 0.4) is 0 Å². The van der Waals surface area contributed by atoms with E-state index in [1.807, 2.05) is 18.2 Å². The van der Waals surface area contributed by atoms with Crippen molar-refractivity contribution >= 4 is 28.8 Å². The number of aliphatic imine (C=N–C) groups is 1. The van der Waals surface area contributed by atoms with Crippen LogP contribution in [0.15, 0.2) is 46.1 Å². The summed E-state index contributed by atoms with van der Waals surface area (Å²) >= 11 is 6.19. The first-order valence-corrected chi connectivity index (χ1v) is 8.60. The predicted octanol–water partition coefficient (Wildman–Crippen LogP) is 3.69. The van der Waals surface area contributed by atoms with Crippen molar-refractivity contribution in [2.24, 2.45) is 4.99 Å². The summed E-state index contributed by atoms with van der Waals surface area (Å²) in [6.07, 6.45) is 4.43. The molecule has 23 heavy (non-hydrogen) atoms. The zero-order valence-electron chi connectivity index (χ0n) is 13.3. The molecule has 0 bridgehead atoms. The molecule has 120 valence electrons. The van der Waals surface area contributed by atoms with Crippen molar-refractivity contribution in [3.8, 4) is 0 Å². The van der Waals surface area contributed by atoms with Gasteiger partial charge in [0.2, 0.25) is 0 Å². The van der Waals surface area contributed by atoms with Gasteiger partial charge in [0.25, 0.3) is 0 Å². The third-order valence-electron chi connectivity index (χ3n) is 4.61. The van der Waals surface area contributed by atoms with E-state index >= 15 is 0 Å². The number of allylic oxidation sites excluding steroid dienone is 2. The van der Waals surface area contributed by atoms with E-state index in [-0.39, 0.29) is 0 Å². The quantitative estimate of drug-likeness (QED) is 0.763. The molecule has 0 amide bonds. The van der Waals surface area contributed by atoms with Crippen molar-refractivity contribution in [2.75, 3.05) is 31.5 Å². The molecule has 0 radical (unpaired) electrons. The highest BCUT2D eigenvalue weighted by Crippen LogP contribution is 2.37. The fourth-order valence-corrected chi connectivity index (χ4v) is 3.52. The van der Waals surface area contributed by atoms with Gasteiger partial charge in [-0.15, -0.1) is 0 Å². The van der Waals surface area contributed by atoms with Gasteiger partial charge in [-0.05, 0) is 38.0 Å². The van der Waals surface area contributed by atoms with Crippen LogP contribution in [0.5, 0.6) is 0 Å². The Kier molecular flexibility index (Phi) is 3.87. The van der Waals surface area contributed by atoms with Gasteiger partial charge in [-0.25, -0.2) is 4.99 Å². The number of halogens is 1. The van der Waals surface area contributed by atoms with E-state index in [4.69, 9.17) is 16.6 Å². The zero-order valence-corrected chi connectivity index (χ0v) is 14.1. The number of piperazine rings is 1. The van der Waals surface area contributed by atoms with E-state index in [0.29, 0.717) is 0 Å². The maximum atomic E-state index is 6.19.